The number of imidazole rings is 1. The molecule has 1 aliphatic carbocycles. The van der Waals surface area contributed by atoms with Crippen LogP contribution < -0.4 is 4.74 Å². The topological polar surface area (TPSA) is 64.4 Å². The van der Waals surface area contributed by atoms with Crippen LogP contribution in [0.2, 0.25) is 0 Å². The predicted molar refractivity (Wildman–Crippen MR) is 105 cm³/mol. The number of aromatic nitrogens is 2. The van der Waals surface area contributed by atoms with Gasteiger partial charge in [-0.05, 0) is 61.3 Å². The molecule has 2 aromatic rings. The molecular weight excluding hydrogens is 362 g/mol. The van der Waals surface area contributed by atoms with E-state index in [0.29, 0.717) is 19.0 Å². The summed E-state index contributed by atoms with van der Waals surface area (Å²) in [7, 11) is -1.42. The largest absolute Gasteiger partial charge is 0.496 e. The summed E-state index contributed by atoms with van der Waals surface area (Å²) in [5, 5.41) is 0. The van der Waals surface area contributed by atoms with Gasteiger partial charge in [-0.1, -0.05) is 0 Å². The van der Waals surface area contributed by atoms with E-state index in [2.05, 4.69) is 21.7 Å². The van der Waals surface area contributed by atoms with Gasteiger partial charge in [-0.2, -0.15) is 0 Å². The van der Waals surface area contributed by atoms with Crippen molar-refractivity contribution in [3.63, 3.8) is 0 Å². The highest BCUT2D eigenvalue weighted by Gasteiger charge is 2.27. The summed E-state index contributed by atoms with van der Waals surface area (Å²) >= 11 is 0. The van der Waals surface area contributed by atoms with E-state index in [1.165, 1.54) is 23.8 Å². The first kappa shape index (κ1) is 18.5. The molecule has 6 nitrogen and oxygen atoms in total. The highest BCUT2D eigenvalue weighted by atomic mass is 32.2. The quantitative estimate of drug-likeness (QED) is 0.789. The molecule has 1 aromatic heterocycles. The number of methoxy groups -OCH3 is 1. The van der Waals surface area contributed by atoms with Crippen molar-refractivity contribution in [3.05, 3.63) is 35.7 Å². The average Bonchev–Trinajstić information content (AvgIpc) is 3.28. The van der Waals surface area contributed by atoms with Crippen LogP contribution in [0.15, 0.2) is 24.5 Å². The third-order valence-electron chi connectivity index (χ3n) is 5.78. The number of sulfonamides is 1. The summed E-state index contributed by atoms with van der Waals surface area (Å²) < 4.78 is 33.2. The molecule has 0 radical (unpaired) electrons. The lowest BCUT2D eigenvalue weighted by Crippen LogP contribution is -2.40. The Bertz CT molecular complexity index is 936. The molecule has 2 aliphatic rings. The van der Waals surface area contributed by atoms with E-state index in [1.54, 1.807) is 11.4 Å². The number of fused-ring (bicyclic) bond motifs is 1. The van der Waals surface area contributed by atoms with Crippen LogP contribution in [0.4, 0.5) is 0 Å². The van der Waals surface area contributed by atoms with Crippen LogP contribution in [0.1, 0.15) is 30.4 Å². The van der Waals surface area contributed by atoms with Crippen LogP contribution in [-0.4, -0.2) is 48.7 Å². The Morgan fingerprint density at radius 2 is 2.00 bits per heavy atom. The number of ether oxygens (including phenoxy) is 1. The van der Waals surface area contributed by atoms with Crippen molar-refractivity contribution in [2.75, 3.05) is 26.5 Å². The van der Waals surface area contributed by atoms with Crippen LogP contribution in [0.3, 0.4) is 0 Å². The molecule has 7 heteroatoms. The van der Waals surface area contributed by atoms with Gasteiger partial charge in [0.1, 0.15) is 11.6 Å². The maximum absolute atomic E-state index is 11.9. The van der Waals surface area contributed by atoms with E-state index in [-0.39, 0.29) is 0 Å². The second kappa shape index (κ2) is 7.28. The highest BCUT2D eigenvalue weighted by Crippen LogP contribution is 2.36. The Balaban J connectivity index is 1.61. The Labute approximate surface area is 161 Å². The molecule has 2 heterocycles. The molecule has 146 valence electrons. The van der Waals surface area contributed by atoms with Crippen molar-refractivity contribution >= 4 is 10.0 Å². The third-order valence-corrected chi connectivity index (χ3v) is 7.05. The van der Waals surface area contributed by atoms with Gasteiger partial charge in [0.25, 0.3) is 0 Å². The minimum absolute atomic E-state index is 0.293. The smallest absolute Gasteiger partial charge is 0.211 e. The van der Waals surface area contributed by atoms with Gasteiger partial charge < -0.3 is 9.30 Å². The lowest BCUT2D eigenvalue weighted by molar-refractivity contribution is 0.247. The SMILES string of the molecule is COc1cc2c(cc1-c1nccn1C[C@H]1CCCN(S(C)(=O)=O)C1)CCC2. The standard InChI is InChI=1S/C20H27N3O3S/c1-26-19-12-17-7-3-6-16(17)11-18(19)20-21-8-10-22(20)13-15-5-4-9-23(14-15)27(2,24)25/h8,10-12,15H,3-7,9,13-14H2,1-2H3/t15-/m1/s1. The molecule has 1 fully saturated rings. The fourth-order valence-corrected chi connectivity index (χ4v) is 5.34. The average molecular weight is 390 g/mol. The summed E-state index contributed by atoms with van der Waals surface area (Å²) in [5.74, 6) is 2.06. The number of hydrogen-bond donors (Lipinski definition) is 0. The first-order chi connectivity index (χ1) is 13.0. The highest BCUT2D eigenvalue weighted by molar-refractivity contribution is 7.88. The zero-order valence-electron chi connectivity index (χ0n) is 16.0. The van der Waals surface area contributed by atoms with Crippen LogP contribution in [-0.2, 0) is 29.4 Å². The number of hydrogen-bond acceptors (Lipinski definition) is 4. The van der Waals surface area contributed by atoms with Crippen LogP contribution in [0.25, 0.3) is 11.4 Å². The molecule has 4 rings (SSSR count). The summed E-state index contributed by atoms with van der Waals surface area (Å²) in [5.41, 5.74) is 3.80. The first-order valence-electron chi connectivity index (χ1n) is 9.62. The number of aryl methyl sites for hydroxylation is 2. The van der Waals surface area contributed by atoms with Gasteiger partial charge in [-0.3, -0.25) is 0 Å². The molecule has 27 heavy (non-hydrogen) atoms. The lowest BCUT2D eigenvalue weighted by Gasteiger charge is -2.31. The zero-order valence-corrected chi connectivity index (χ0v) is 16.8. The summed E-state index contributed by atoms with van der Waals surface area (Å²) in [6, 6.07) is 4.38. The maximum atomic E-state index is 11.9. The minimum atomic E-state index is -3.13. The molecule has 1 aromatic carbocycles. The third kappa shape index (κ3) is 3.75. The Hall–Kier alpha value is -1.86. The van der Waals surface area contributed by atoms with Crippen LogP contribution in [0.5, 0.6) is 5.75 Å². The lowest BCUT2D eigenvalue weighted by atomic mass is 9.99. The monoisotopic (exact) mass is 389 g/mol. The number of piperidine rings is 1. The second-order valence-corrected chi connectivity index (χ2v) is 9.69. The molecule has 0 bridgehead atoms. The van der Waals surface area contributed by atoms with E-state index in [0.717, 1.165) is 49.4 Å². The first-order valence-corrected chi connectivity index (χ1v) is 11.5. The predicted octanol–water partition coefficient (Wildman–Crippen LogP) is 2.72. The van der Waals surface area contributed by atoms with Gasteiger partial charge in [0.2, 0.25) is 10.0 Å². The summed E-state index contributed by atoms with van der Waals surface area (Å²) in [6.07, 6.45) is 10.5. The van der Waals surface area contributed by atoms with E-state index in [1.807, 2.05) is 12.4 Å². The fraction of sp³-hybridized carbons (Fsp3) is 0.550. The van der Waals surface area contributed by atoms with Gasteiger partial charge in [0.15, 0.2) is 0 Å². The van der Waals surface area contributed by atoms with Gasteiger partial charge in [0.05, 0.1) is 18.9 Å². The molecule has 0 saturated carbocycles. The molecule has 0 unspecified atom stereocenters. The van der Waals surface area contributed by atoms with Crippen LogP contribution >= 0.6 is 0 Å². The van der Waals surface area contributed by atoms with Crippen molar-refractivity contribution in [1.82, 2.24) is 13.9 Å². The Kier molecular flexibility index (Phi) is 4.99. The fourth-order valence-electron chi connectivity index (χ4n) is 4.40. The van der Waals surface area contributed by atoms with E-state index >= 15 is 0 Å². The zero-order chi connectivity index (χ0) is 19.0. The molecule has 1 aliphatic heterocycles. The van der Waals surface area contributed by atoms with Crippen molar-refractivity contribution < 1.29 is 13.2 Å². The maximum Gasteiger partial charge on any atom is 0.211 e. The van der Waals surface area contributed by atoms with Crippen LogP contribution in [0, 0.1) is 5.92 Å². The Morgan fingerprint density at radius 1 is 1.22 bits per heavy atom. The van der Waals surface area contributed by atoms with Gasteiger partial charge in [-0.15, -0.1) is 0 Å². The number of rotatable bonds is 5. The van der Waals surface area contributed by atoms with Crippen molar-refractivity contribution in [3.8, 4) is 17.1 Å². The molecule has 1 atom stereocenters. The molecule has 1 saturated heterocycles. The second-order valence-electron chi connectivity index (χ2n) is 7.71. The Morgan fingerprint density at radius 3 is 2.74 bits per heavy atom. The van der Waals surface area contributed by atoms with Crippen molar-refractivity contribution in [1.29, 1.82) is 0 Å². The van der Waals surface area contributed by atoms with E-state index in [9.17, 15) is 8.42 Å². The molecule has 0 spiro atoms. The van der Waals surface area contributed by atoms with Gasteiger partial charge >= 0.3 is 0 Å². The number of benzene rings is 1. The van der Waals surface area contributed by atoms with E-state index < -0.39 is 10.0 Å². The minimum Gasteiger partial charge on any atom is -0.496 e. The van der Waals surface area contributed by atoms with Gasteiger partial charge in [-0.25, -0.2) is 17.7 Å². The molecular formula is C20H27N3O3S. The summed E-state index contributed by atoms with van der Waals surface area (Å²) in [4.78, 5) is 4.60. The number of nitrogens with zero attached hydrogens (tertiary/aromatic N) is 3. The van der Waals surface area contributed by atoms with E-state index in [4.69, 9.17) is 4.74 Å². The van der Waals surface area contributed by atoms with Crippen molar-refractivity contribution in [2.24, 2.45) is 5.92 Å². The summed E-state index contributed by atoms with van der Waals surface area (Å²) in [6.45, 7) is 1.98. The van der Waals surface area contributed by atoms with Crippen molar-refractivity contribution in [2.45, 2.75) is 38.6 Å². The molecule has 0 N–H and O–H groups in total. The molecule has 0 amide bonds. The van der Waals surface area contributed by atoms with Gasteiger partial charge in [0, 0.05) is 32.0 Å². The normalized spacial score (nSPS) is 20.6.